The van der Waals surface area contributed by atoms with Crippen LogP contribution >= 0.6 is 14.1 Å². The van der Waals surface area contributed by atoms with E-state index in [1.807, 2.05) is 0 Å². The van der Waals surface area contributed by atoms with Crippen LogP contribution in [0.1, 0.15) is 101 Å². The van der Waals surface area contributed by atoms with Crippen molar-refractivity contribution in [1.29, 1.82) is 0 Å². The number of benzene rings is 2. The largest absolute Gasteiger partial charge is 0.267 e. The van der Waals surface area contributed by atoms with E-state index in [1.165, 1.54) is 33.6 Å². The van der Waals surface area contributed by atoms with Crippen LogP contribution in [0.25, 0.3) is 0 Å². The minimum absolute atomic E-state index is 0.485. The van der Waals surface area contributed by atoms with Gasteiger partial charge in [0.05, 0.1) is 11.4 Å². The zero-order valence-corrected chi connectivity index (χ0v) is 25.8. The molecule has 4 heteroatoms. The van der Waals surface area contributed by atoms with Gasteiger partial charge in [0.25, 0.3) is 0 Å². The van der Waals surface area contributed by atoms with E-state index in [0.29, 0.717) is 23.7 Å². The highest BCUT2D eigenvalue weighted by Crippen LogP contribution is 2.54. The summed E-state index contributed by atoms with van der Waals surface area (Å²) in [5, 5.41) is 0. The van der Waals surface area contributed by atoms with E-state index >= 15 is 0 Å². The van der Waals surface area contributed by atoms with E-state index in [-0.39, 0.29) is 0 Å². The van der Waals surface area contributed by atoms with Crippen LogP contribution < -0.4 is 0 Å². The molecule has 0 amide bonds. The summed E-state index contributed by atoms with van der Waals surface area (Å²) in [6.07, 6.45) is 2.31. The summed E-state index contributed by atoms with van der Waals surface area (Å²) in [7, 11) is -2.94. The molecular weight excluding hydrogens is 450 g/mol. The summed E-state index contributed by atoms with van der Waals surface area (Å²) in [6, 6.07) is 13.5. The Kier molecular flexibility index (Phi) is 10.1. The monoisotopic (exact) mass is 500 g/mol. The maximum absolute atomic E-state index is 5.52. The number of nitrogens with zero attached hydrogens (tertiary/aromatic N) is 2. The first-order valence-electron chi connectivity index (χ1n) is 13.0. The van der Waals surface area contributed by atoms with E-state index in [4.69, 9.17) is 9.49 Å². The van der Waals surface area contributed by atoms with Gasteiger partial charge in [0.2, 0.25) is 0 Å². The van der Waals surface area contributed by atoms with Crippen LogP contribution in [-0.4, -0.2) is 39.0 Å². The standard InChI is InChI=1S/C30H50N2P2/c1-21(2)25-15-13-16-26(22(3)4)29(25)31-33(9,10)19-20-34(11,12)32-30-27(23(5)6)17-14-18-28(30)24(7)8/h13-18,21-24H,19-20H2,1-12H3. The van der Waals surface area contributed by atoms with E-state index < -0.39 is 14.1 Å². The average molecular weight is 501 g/mol. The van der Waals surface area contributed by atoms with Crippen molar-refractivity contribution in [3.05, 3.63) is 58.7 Å². The summed E-state index contributed by atoms with van der Waals surface area (Å²) in [4.78, 5) is 0. The smallest absolute Gasteiger partial charge is 0.0682 e. The Labute approximate surface area is 211 Å². The van der Waals surface area contributed by atoms with Crippen molar-refractivity contribution < 1.29 is 0 Å². The lowest BCUT2D eigenvalue weighted by atomic mass is 9.93. The molecule has 0 unspecified atom stereocenters. The lowest BCUT2D eigenvalue weighted by Gasteiger charge is -2.24. The molecule has 0 fully saturated rings. The van der Waals surface area contributed by atoms with Gasteiger partial charge in [-0.25, -0.2) is 0 Å². The van der Waals surface area contributed by atoms with Gasteiger partial charge < -0.3 is 0 Å². The molecule has 34 heavy (non-hydrogen) atoms. The quantitative estimate of drug-likeness (QED) is 0.306. The normalized spacial score (nSPS) is 12.8. The Balaban J connectivity index is 2.48. The molecular formula is C30H50N2P2. The van der Waals surface area contributed by atoms with E-state index in [2.05, 4.69) is 118 Å². The van der Waals surface area contributed by atoms with Crippen LogP contribution in [0.5, 0.6) is 0 Å². The summed E-state index contributed by atoms with van der Waals surface area (Å²) < 4.78 is 11.0. The predicted molar refractivity (Wildman–Crippen MR) is 161 cm³/mol. The second kappa shape index (κ2) is 11.8. The highest BCUT2D eigenvalue weighted by atomic mass is 31.2. The molecule has 0 bridgehead atoms. The zero-order valence-electron chi connectivity index (χ0n) is 24.0. The molecule has 2 nitrogen and oxygen atoms in total. The van der Waals surface area contributed by atoms with Crippen LogP contribution in [0.15, 0.2) is 45.9 Å². The third kappa shape index (κ3) is 7.70. The minimum Gasteiger partial charge on any atom is -0.267 e. The van der Waals surface area contributed by atoms with Gasteiger partial charge in [0.1, 0.15) is 0 Å². The van der Waals surface area contributed by atoms with Gasteiger partial charge in [-0.2, -0.15) is 0 Å². The zero-order chi connectivity index (χ0) is 25.8. The molecule has 0 N–H and O–H groups in total. The highest BCUT2D eigenvalue weighted by molar-refractivity contribution is 7.69. The summed E-state index contributed by atoms with van der Waals surface area (Å²) in [5.41, 5.74) is 8.11. The molecule has 2 aromatic rings. The first kappa shape index (κ1) is 29.1. The van der Waals surface area contributed by atoms with Crippen LogP contribution in [0, 0.1) is 0 Å². The second-order valence-corrected chi connectivity index (χ2v) is 19.9. The molecule has 0 atom stereocenters. The molecule has 0 spiro atoms. The average Bonchev–Trinajstić information content (AvgIpc) is 2.71. The molecule has 0 aliphatic rings. The van der Waals surface area contributed by atoms with Crippen molar-refractivity contribution in [3.63, 3.8) is 0 Å². The van der Waals surface area contributed by atoms with Gasteiger partial charge in [-0.1, -0.05) is 91.8 Å². The Hall–Kier alpha value is -1.10. The topological polar surface area (TPSA) is 24.7 Å². The molecule has 0 heterocycles. The number of rotatable bonds is 9. The lowest BCUT2D eigenvalue weighted by Crippen LogP contribution is -1.99. The van der Waals surface area contributed by atoms with Gasteiger partial charge >= 0.3 is 0 Å². The van der Waals surface area contributed by atoms with Crippen LogP contribution in [0.3, 0.4) is 0 Å². The van der Waals surface area contributed by atoms with Gasteiger partial charge in [0, 0.05) is 0 Å². The third-order valence-electron chi connectivity index (χ3n) is 6.62. The SMILES string of the molecule is CC(C)c1cccc(C(C)C)c1N=P(C)(C)CCP(C)(C)=Nc1c(C(C)C)cccc1C(C)C. The highest BCUT2D eigenvalue weighted by Gasteiger charge is 2.19. The molecule has 0 aliphatic heterocycles. The lowest BCUT2D eigenvalue weighted by molar-refractivity contribution is 0.835. The van der Waals surface area contributed by atoms with Crippen molar-refractivity contribution in [2.75, 3.05) is 39.0 Å². The van der Waals surface area contributed by atoms with E-state index in [9.17, 15) is 0 Å². The van der Waals surface area contributed by atoms with Gasteiger partial charge in [-0.05, 0) is 99.0 Å². The molecule has 0 aromatic heterocycles. The van der Waals surface area contributed by atoms with Crippen molar-refractivity contribution in [1.82, 2.24) is 0 Å². The van der Waals surface area contributed by atoms with Crippen LogP contribution in [0.2, 0.25) is 0 Å². The Bertz CT molecular complexity index is 939. The third-order valence-corrected chi connectivity index (χ3v) is 11.1. The van der Waals surface area contributed by atoms with Gasteiger partial charge in [-0.15, -0.1) is 0 Å². The van der Waals surface area contributed by atoms with E-state index in [1.54, 1.807) is 0 Å². The van der Waals surface area contributed by atoms with Gasteiger partial charge in [0.15, 0.2) is 0 Å². The first-order chi connectivity index (χ1) is 15.6. The predicted octanol–water partition coefficient (Wildman–Crippen LogP) is 11.1. The molecule has 0 aliphatic carbocycles. The molecule has 2 aromatic carbocycles. The molecule has 2 rings (SSSR count). The Morgan fingerprint density at radius 3 is 0.941 bits per heavy atom. The summed E-state index contributed by atoms with van der Waals surface area (Å²) in [6.45, 7) is 28.0. The molecule has 190 valence electrons. The minimum atomic E-state index is -1.47. The number of hydrogen-bond acceptors (Lipinski definition) is 2. The molecule has 0 saturated carbocycles. The molecule has 0 radical (unpaired) electrons. The first-order valence-corrected chi connectivity index (χ1v) is 18.7. The fourth-order valence-corrected chi connectivity index (χ4v) is 10.0. The fraction of sp³-hybridized carbons (Fsp3) is 0.600. The Morgan fingerprint density at radius 1 is 0.500 bits per heavy atom. The van der Waals surface area contributed by atoms with Crippen molar-refractivity contribution >= 4 is 25.5 Å². The van der Waals surface area contributed by atoms with E-state index in [0.717, 1.165) is 12.3 Å². The summed E-state index contributed by atoms with van der Waals surface area (Å²) in [5.74, 6) is 1.94. The van der Waals surface area contributed by atoms with Crippen LogP contribution in [0.4, 0.5) is 11.4 Å². The van der Waals surface area contributed by atoms with Crippen molar-refractivity contribution in [2.24, 2.45) is 9.49 Å². The second-order valence-electron chi connectivity index (χ2n) is 12.1. The molecule has 0 saturated heterocycles. The maximum Gasteiger partial charge on any atom is 0.0682 e. The Morgan fingerprint density at radius 2 is 0.735 bits per heavy atom. The fourth-order valence-electron chi connectivity index (χ4n) is 4.39. The van der Waals surface area contributed by atoms with Gasteiger partial charge in [-0.3, -0.25) is 9.49 Å². The van der Waals surface area contributed by atoms with Crippen molar-refractivity contribution in [3.8, 4) is 0 Å². The summed E-state index contributed by atoms with van der Waals surface area (Å²) >= 11 is 0. The maximum atomic E-state index is 5.52. The van der Waals surface area contributed by atoms with Crippen molar-refractivity contribution in [2.45, 2.75) is 79.1 Å². The van der Waals surface area contributed by atoms with Crippen LogP contribution in [-0.2, 0) is 0 Å². The number of hydrogen-bond donors (Lipinski definition) is 0.